The molecular weight excluding hydrogens is 295 g/mol. The molecule has 9 heteroatoms. The Kier molecular flexibility index (Phi) is 5.51. The van der Waals surface area contributed by atoms with E-state index in [1.807, 2.05) is 0 Å². The van der Waals surface area contributed by atoms with E-state index in [1.54, 1.807) is 6.92 Å². The van der Waals surface area contributed by atoms with Crippen molar-refractivity contribution < 1.29 is 32.4 Å². The van der Waals surface area contributed by atoms with E-state index in [0.29, 0.717) is 0 Å². The summed E-state index contributed by atoms with van der Waals surface area (Å²) in [5.41, 5.74) is -0.872. The lowest BCUT2D eigenvalue weighted by atomic mass is 10.1. The Labute approximate surface area is 117 Å². The number of nitrogens with zero attached hydrogens (tertiary/aromatic N) is 1. The molecule has 0 N–H and O–H groups in total. The Hall–Kier alpha value is -2.32. The normalized spacial score (nSPS) is 11.0. The monoisotopic (exact) mass is 307 g/mol. The zero-order valence-electron chi connectivity index (χ0n) is 11.0. The van der Waals surface area contributed by atoms with E-state index < -0.39 is 35.8 Å². The highest BCUT2D eigenvalue weighted by Gasteiger charge is 2.27. The second-order valence-corrected chi connectivity index (χ2v) is 3.87. The van der Waals surface area contributed by atoms with Crippen LogP contribution in [0, 0.1) is 10.1 Å². The second-order valence-electron chi connectivity index (χ2n) is 3.87. The van der Waals surface area contributed by atoms with Crippen molar-refractivity contribution in [2.45, 2.75) is 19.5 Å². The summed E-state index contributed by atoms with van der Waals surface area (Å²) in [6, 6.07) is 3.15. The molecule has 0 saturated heterocycles. The second kappa shape index (κ2) is 6.91. The molecule has 0 saturated carbocycles. The molecule has 0 heterocycles. The summed E-state index contributed by atoms with van der Waals surface area (Å²) in [5, 5.41) is 10.9. The molecule has 1 aromatic rings. The lowest BCUT2D eigenvalue weighted by Gasteiger charge is -2.09. The number of halogens is 3. The number of alkyl halides is 3. The number of carbonyl (C=O) groups is 1. The zero-order valence-corrected chi connectivity index (χ0v) is 11.0. The summed E-state index contributed by atoms with van der Waals surface area (Å²) in [6.07, 6.45) is -5.56. The van der Waals surface area contributed by atoms with Gasteiger partial charge in [0, 0.05) is 0 Å². The molecule has 0 atom stereocenters. The van der Waals surface area contributed by atoms with E-state index >= 15 is 0 Å². The fraction of sp³-hybridized carbons (Fsp3) is 0.417. The maximum atomic E-state index is 12.0. The molecule has 0 unspecified atom stereocenters. The topological polar surface area (TPSA) is 78.7 Å². The maximum Gasteiger partial charge on any atom is 0.392 e. The Morgan fingerprint density at radius 1 is 1.38 bits per heavy atom. The van der Waals surface area contributed by atoms with Gasteiger partial charge in [-0.25, -0.2) is 4.79 Å². The average Bonchev–Trinajstić information content (AvgIpc) is 2.37. The van der Waals surface area contributed by atoms with Crippen LogP contribution in [0.3, 0.4) is 0 Å². The molecule has 0 amide bonds. The highest BCUT2D eigenvalue weighted by Crippen LogP contribution is 2.26. The van der Waals surface area contributed by atoms with Crippen LogP contribution >= 0.6 is 0 Å². The smallest absolute Gasteiger partial charge is 0.392 e. The first-order chi connectivity index (χ1) is 9.74. The Bertz CT molecular complexity index is 530. The van der Waals surface area contributed by atoms with Crippen molar-refractivity contribution in [3.8, 4) is 5.75 Å². The first-order valence-electron chi connectivity index (χ1n) is 5.89. The number of carbonyl (C=O) groups excluding carboxylic acids is 1. The summed E-state index contributed by atoms with van der Waals surface area (Å²) in [7, 11) is 0. The van der Waals surface area contributed by atoms with Gasteiger partial charge in [0.25, 0.3) is 5.69 Å². The van der Waals surface area contributed by atoms with Gasteiger partial charge in [0.15, 0.2) is 0 Å². The van der Waals surface area contributed by atoms with Crippen molar-refractivity contribution in [2.75, 3.05) is 13.2 Å². The maximum absolute atomic E-state index is 12.0. The number of benzene rings is 1. The number of ether oxygens (including phenoxy) is 2. The first kappa shape index (κ1) is 16.7. The van der Waals surface area contributed by atoms with Gasteiger partial charge in [-0.3, -0.25) is 10.1 Å². The predicted octanol–water partition coefficient (Wildman–Crippen LogP) is 3.10. The third-order valence-electron chi connectivity index (χ3n) is 2.32. The quantitative estimate of drug-likeness (QED) is 0.458. The van der Waals surface area contributed by atoms with Crippen LogP contribution in [-0.2, 0) is 4.74 Å². The molecule has 0 radical (unpaired) electrons. The van der Waals surface area contributed by atoms with Crippen molar-refractivity contribution in [3.63, 3.8) is 0 Å². The van der Waals surface area contributed by atoms with Crippen LogP contribution in [0.4, 0.5) is 18.9 Å². The van der Waals surface area contributed by atoms with E-state index in [-0.39, 0.29) is 17.9 Å². The highest BCUT2D eigenvalue weighted by molar-refractivity contribution is 5.94. The van der Waals surface area contributed by atoms with Crippen LogP contribution in [0.15, 0.2) is 18.2 Å². The van der Waals surface area contributed by atoms with Gasteiger partial charge in [0.1, 0.15) is 11.3 Å². The summed E-state index contributed by atoms with van der Waals surface area (Å²) < 4.78 is 45.4. The number of hydrogen-bond donors (Lipinski definition) is 0. The van der Waals surface area contributed by atoms with E-state index in [1.165, 1.54) is 6.07 Å². The molecule has 0 fully saturated rings. The van der Waals surface area contributed by atoms with Gasteiger partial charge >= 0.3 is 12.1 Å². The number of hydrogen-bond acceptors (Lipinski definition) is 5. The number of esters is 1. The Morgan fingerprint density at radius 2 is 2.05 bits per heavy atom. The molecule has 1 rings (SSSR count). The van der Waals surface area contributed by atoms with Crippen LogP contribution in [0.2, 0.25) is 0 Å². The molecule has 0 bridgehead atoms. The summed E-state index contributed by atoms with van der Waals surface area (Å²) >= 11 is 0. The van der Waals surface area contributed by atoms with Gasteiger partial charge in [0.05, 0.1) is 30.6 Å². The van der Waals surface area contributed by atoms with Gasteiger partial charge < -0.3 is 9.47 Å². The van der Waals surface area contributed by atoms with E-state index in [9.17, 15) is 28.1 Å². The van der Waals surface area contributed by atoms with E-state index in [2.05, 4.69) is 4.74 Å². The van der Waals surface area contributed by atoms with Crippen LogP contribution < -0.4 is 4.74 Å². The Balaban J connectivity index is 2.88. The minimum Gasteiger partial charge on any atom is -0.493 e. The average molecular weight is 307 g/mol. The van der Waals surface area contributed by atoms with Crippen LogP contribution in [-0.4, -0.2) is 30.3 Å². The number of rotatable bonds is 6. The fourth-order valence-corrected chi connectivity index (χ4v) is 1.42. The summed E-state index contributed by atoms with van der Waals surface area (Å²) in [6.45, 7) is 0.914. The van der Waals surface area contributed by atoms with Crippen molar-refractivity contribution in [1.29, 1.82) is 0 Å². The van der Waals surface area contributed by atoms with Crippen LogP contribution in [0.25, 0.3) is 0 Å². The highest BCUT2D eigenvalue weighted by atomic mass is 19.4. The molecule has 0 spiro atoms. The van der Waals surface area contributed by atoms with Crippen molar-refractivity contribution in [2.24, 2.45) is 0 Å². The van der Waals surface area contributed by atoms with Crippen LogP contribution in [0.5, 0.6) is 5.75 Å². The molecular formula is C12H12F3NO5. The van der Waals surface area contributed by atoms with E-state index in [4.69, 9.17) is 4.74 Å². The third-order valence-corrected chi connectivity index (χ3v) is 2.32. The van der Waals surface area contributed by atoms with Crippen molar-refractivity contribution in [1.82, 2.24) is 0 Å². The van der Waals surface area contributed by atoms with Gasteiger partial charge in [-0.15, -0.1) is 0 Å². The molecule has 0 aliphatic carbocycles. The molecule has 0 aromatic heterocycles. The van der Waals surface area contributed by atoms with E-state index in [0.717, 1.165) is 12.1 Å². The lowest BCUT2D eigenvalue weighted by molar-refractivity contribution is -0.385. The minimum absolute atomic E-state index is 0.0415. The van der Waals surface area contributed by atoms with Gasteiger partial charge in [0.2, 0.25) is 0 Å². The van der Waals surface area contributed by atoms with Crippen LogP contribution in [0.1, 0.15) is 23.7 Å². The lowest BCUT2D eigenvalue weighted by Crippen LogP contribution is -2.13. The van der Waals surface area contributed by atoms with Crippen molar-refractivity contribution in [3.05, 3.63) is 33.9 Å². The summed E-state index contributed by atoms with van der Waals surface area (Å²) in [4.78, 5) is 21.6. The number of nitro groups is 1. The first-order valence-corrected chi connectivity index (χ1v) is 5.89. The van der Waals surface area contributed by atoms with Crippen molar-refractivity contribution >= 4 is 11.7 Å². The van der Waals surface area contributed by atoms with Gasteiger partial charge in [-0.1, -0.05) is 0 Å². The standard InChI is InChI=1S/C12H12F3NO5/c1-2-20-11(17)9-4-3-8(7-10(9)16(18)19)21-6-5-12(13,14)15/h3-4,7H,2,5-6H2,1H3. The summed E-state index contributed by atoms with van der Waals surface area (Å²) in [5.74, 6) is -1.01. The van der Waals surface area contributed by atoms with Gasteiger partial charge in [-0.2, -0.15) is 13.2 Å². The molecule has 1 aromatic carbocycles. The fourth-order valence-electron chi connectivity index (χ4n) is 1.42. The molecule has 116 valence electrons. The zero-order chi connectivity index (χ0) is 16.0. The largest absolute Gasteiger partial charge is 0.493 e. The minimum atomic E-state index is -4.38. The Morgan fingerprint density at radius 3 is 2.57 bits per heavy atom. The molecule has 6 nitrogen and oxygen atoms in total. The SMILES string of the molecule is CCOC(=O)c1ccc(OCCC(F)(F)F)cc1[N+](=O)[O-]. The predicted molar refractivity (Wildman–Crippen MR) is 65.2 cm³/mol. The number of nitro benzene ring substituents is 1. The molecule has 0 aliphatic heterocycles. The molecule has 21 heavy (non-hydrogen) atoms. The van der Waals surface area contributed by atoms with Gasteiger partial charge in [-0.05, 0) is 19.1 Å². The molecule has 0 aliphatic rings. The third kappa shape index (κ3) is 5.28.